The van der Waals surface area contributed by atoms with Gasteiger partial charge >= 0.3 is 0 Å². The molecule has 1 atom stereocenters. The fourth-order valence-corrected chi connectivity index (χ4v) is 3.17. The highest BCUT2D eigenvalue weighted by Gasteiger charge is 2.31. The molecule has 5 heteroatoms. The van der Waals surface area contributed by atoms with Gasteiger partial charge in [-0.15, -0.1) is 0 Å². The van der Waals surface area contributed by atoms with Crippen LogP contribution in [0.5, 0.6) is 0 Å². The van der Waals surface area contributed by atoms with Crippen molar-refractivity contribution in [1.82, 2.24) is 15.1 Å². The fraction of sp³-hybridized carbons (Fsp3) is 0.421. The van der Waals surface area contributed by atoms with Crippen LogP contribution in [0.4, 0.5) is 0 Å². The van der Waals surface area contributed by atoms with Crippen molar-refractivity contribution in [1.29, 1.82) is 0 Å². The van der Waals surface area contributed by atoms with Gasteiger partial charge in [0.05, 0.1) is 6.04 Å². The van der Waals surface area contributed by atoms with Crippen LogP contribution in [-0.4, -0.2) is 27.5 Å². The smallest absolute Gasteiger partial charge is 0.274 e. The molecule has 0 radical (unpaired) electrons. The van der Waals surface area contributed by atoms with Crippen molar-refractivity contribution in [3.63, 3.8) is 0 Å². The third-order valence-corrected chi connectivity index (χ3v) is 4.57. The summed E-state index contributed by atoms with van der Waals surface area (Å²) in [5.74, 6) is -0.131. The van der Waals surface area contributed by atoms with Crippen LogP contribution in [0, 0.1) is 0 Å². The number of hydrogen-bond donors (Lipinski definition) is 1. The van der Waals surface area contributed by atoms with Crippen molar-refractivity contribution in [2.24, 2.45) is 0 Å². The quantitative estimate of drug-likeness (QED) is 0.923. The molecule has 1 saturated heterocycles. The first-order valence-corrected chi connectivity index (χ1v) is 8.33. The van der Waals surface area contributed by atoms with E-state index in [1.165, 1.54) is 17.7 Å². The van der Waals surface area contributed by atoms with Crippen LogP contribution >= 0.6 is 0 Å². The second kappa shape index (κ2) is 6.23. The van der Waals surface area contributed by atoms with Crippen molar-refractivity contribution < 1.29 is 4.79 Å². The Morgan fingerprint density at radius 2 is 1.88 bits per heavy atom. The Morgan fingerprint density at radius 3 is 2.46 bits per heavy atom. The number of carbonyl (C=O) groups is 1. The Labute approximate surface area is 141 Å². The van der Waals surface area contributed by atoms with Crippen molar-refractivity contribution >= 4 is 5.91 Å². The molecule has 5 nitrogen and oxygen atoms in total. The molecular weight excluding hydrogens is 302 g/mol. The van der Waals surface area contributed by atoms with E-state index in [2.05, 4.69) is 55.2 Å². The first kappa shape index (κ1) is 16.4. The van der Waals surface area contributed by atoms with E-state index in [1.54, 1.807) is 0 Å². The second-order valence-electron chi connectivity index (χ2n) is 7.34. The standard InChI is InChI=1S/C19H23N3O2/c1-19(2,3)14-8-6-13(7-9-14)16-5-4-12-22(16)18(24)15-10-11-17(23)21-20-15/h6-11,16H,4-5,12H2,1-3H3,(H,21,23). The highest BCUT2D eigenvalue weighted by Crippen LogP contribution is 2.34. The maximum absolute atomic E-state index is 12.7. The van der Waals surface area contributed by atoms with Gasteiger partial charge in [0.15, 0.2) is 0 Å². The molecule has 1 aliphatic rings. The summed E-state index contributed by atoms with van der Waals surface area (Å²) in [4.78, 5) is 25.7. The van der Waals surface area contributed by atoms with E-state index in [0.29, 0.717) is 6.54 Å². The fourth-order valence-electron chi connectivity index (χ4n) is 3.17. The van der Waals surface area contributed by atoms with Gasteiger partial charge in [-0.2, -0.15) is 5.10 Å². The molecule has 1 fully saturated rings. The first-order valence-electron chi connectivity index (χ1n) is 8.33. The number of rotatable bonds is 2. The highest BCUT2D eigenvalue weighted by molar-refractivity contribution is 5.92. The maximum Gasteiger partial charge on any atom is 0.274 e. The van der Waals surface area contributed by atoms with Gasteiger partial charge in [0.2, 0.25) is 0 Å². The lowest BCUT2D eigenvalue weighted by atomic mass is 9.86. The number of hydrogen-bond acceptors (Lipinski definition) is 3. The van der Waals surface area contributed by atoms with E-state index in [-0.39, 0.29) is 28.6 Å². The molecule has 1 unspecified atom stereocenters. The van der Waals surface area contributed by atoms with Crippen LogP contribution < -0.4 is 5.56 Å². The van der Waals surface area contributed by atoms with E-state index in [9.17, 15) is 9.59 Å². The van der Waals surface area contributed by atoms with Gasteiger partial charge in [-0.05, 0) is 35.4 Å². The number of nitrogens with one attached hydrogen (secondary N) is 1. The van der Waals surface area contributed by atoms with E-state index in [1.807, 2.05) is 4.90 Å². The molecule has 1 amide bonds. The van der Waals surface area contributed by atoms with Crippen LogP contribution in [0.2, 0.25) is 0 Å². The molecule has 0 bridgehead atoms. The molecule has 126 valence electrons. The molecule has 0 spiro atoms. The summed E-state index contributed by atoms with van der Waals surface area (Å²) < 4.78 is 0. The Balaban J connectivity index is 1.84. The monoisotopic (exact) mass is 325 g/mol. The molecule has 1 aromatic heterocycles. The van der Waals surface area contributed by atoms with Gasteiger partial charge in [-0.3, -0.25) is 9.59 Å². The lowest BCUT2D eigenvalue weighted by Gasteiger charge is -2.26. The summed E-state index contributed by atoms with van der Waals surface area (Å²) in [7, 11) is 0. The number of aromatic amines is 1. The number of amides is 1. The summed E-state index contributed by atoms with van der Waals surface area (Å²) >= 11 is 0. The van der Waals surface area contributed by atoms with Gasteiger partial charge in [0, 0.05) is 12.6 Å². The molecule has 2 aromatic rings. The molecule has 3 rings (SSSR count). The van der Waals surface area contributed by atoms with E-state index >= 15 is 0 Å². The molecular formula is C19H23N3O2. The largest absolute Gasteiger partial charge is 0.330 e. The number of nitrogens with zero attached hydrogens (tertiary/aromatic N) is 2. The van der Waals surface area contributed by atoms with E-state index in [4.69, 9.17) is 0 Å². The van der Waals surface area contributed by atoms with Gasteiger partial charge in [-0.1, -0.05) is 45.0 Å². The van der Waals surface area contributed by atoms with E-state index in [0.717, 1.165) is 18.4 Å². The molecule has 1 aromatic carbocycles. The lowest BCUT2D eigenvalue weighted by Crippen LogP contribution is -2.32. The summed E-state index contributed by atoms with van der Waals surface area (Å²) in [5.41, 5.74) is 2.53. The minimum atomic E-state index is -0.303. The number of benzene rings is 1. The van der Waals surface area contributed by atoms with Gasteiger partial charge in [0.1, 0.15) is 5.69 Å². The summed E-state index contributed by atoms with van der Waals surface area (Å²) in [6, 6.07) is 11.4. The second-order valence-corrected chi connectivity index (χ2v) is 7.34. The van der Waals surface area contributed by atoms with Gasteiger partial charge in [0.25, 0.3) is 11.5 Å². The topological polar surface area (TPSA) is 66.1 Å². The number of carbonyl (C=O) groups excluding carboxylic acids is 1. The van der Waals surface area contributed by atoms with Crippen LogP contribution in [0.25, 0.3) is 0 Å². The Bertz CT molecular complexity index is 767. The number of aromatic nitrogens is 2. The Hall–Kier alpha value is -2.43. The normalized spacial score (nSPS) is 18.0. The SMILES string of the molecule is CC(C)(C)c1ccc(C2CCCN2C(=O)c2ccc(=O)[nH]n2)cc1. The molecule has 0 aliphatic carbocycles. The lowest BCUT2D eigenvalue weighted by molar-refractivity contribution is 0.0728. The zero-order chi connectivity index (χ0) is 17.3. The predicted octanol–water partition coefficient (Wildman–Crippen LogP) is 3.04. The molecule has 0 saturated carbocycles. The average molecular weight is 325 g/mol. The van der Waals surface area contributed by atoms with Crippen molar-refractivity contribution in [2.75, 3.05) is 6.54 Å². The van der Waals surface area contributed by atoms with Crippen molar-refractivity contribution in [3.8, 4) is 0 Å². The van der Waals surface area contributed by atoms with Crippen LogP contribution in [0.1, 0.15) is 61.3 Å². The third kappa shape index (κ3) is 3.25. The minimum Gasteiger partial charge on any atom is -0.330 e. The van der Waals surface area contributed by atoms with Crippen molar-refractivity contribution in [2.45, 2.75) is 45.1 Å². The first-order chi connectivity index (χ1) is 11.4. The van der Waals surface area contributed by atoms with Gasteiger partial charge < -0.3 is 4.90 Å². The number of H-pyrrole nitrogens is 1. The van der Waals surface area contributed by atoms with Crippen LogP contribution in [0.15, 0.2) is 41.2 Å². The van der Waals surface area contributed by atoms with Crippen LogP contribution in [0.3, 0.4) is 0 Å². The number of likely N-dealkylation sites (tertiary alicyclic amines) is 1. The molecule has 1 aliphatic heterocycles. The Morgan fingerprint density at radius 1 is 1.17 bits per heavy atom. The molecule has 2 heterocycles. The molecule has 1 N–H and O–H groups in total. The maximum atomic E-state index is 12.7. The summed E-state index contributed by atoms with van der Waals surface area (Å²) in [6.45, 7) is 7.28. The predicted molar refractivity (Wildman–Crippen MR) is 93.0 cm³/mol. The highest BCUT2D eigenvalue weighted by atomic mass is 16.2. The Kier molecular flexibility index (Phi) is 4.26. The summed E-state index contributed by atoms with van der Waals surface area (Å²) in [5, 5.41) is 6.20. The molecule has 24 heavy (non-hydrogen) atoms. The summed E-state index contributed by atoms with van der Waals surface area (Å²) in [6.07, 6.45) is 1.92. The third-order valence-electron chi connectivity index (χ3n) is 4.57. The zero-order valence-corrected chi connectivity index (χ0v) is 14.4. The zero-order valence-electron chi connectivity index (χ0n) is 14.4. The van der Waals surface area contributed by atoms with Gasteiger partial charge in [-0.25, -0.2) is 5.10 Å². The van der Waals surface area contributed by atoms with Crippen molar-refractivity contribution in [3.05, 3.63) is 63.6 Å². The van der Waals surface area contributed by atoms with Crippen LogP contribution in [-0.2, 0) is 5.41 Å². The minimum absolute atomic E-state index is 0.0697. The van der Waals surface area contributed by atoms with E-state index < -0.39 is 0 Å². The average Bonchev–Trinajstić information content (AvgIpc) is 3.04.